The number of hydrogen-bond acceptors (Lipinski definition) is 3. The average molecular weight is 290 g/mol. The summed E-state index contributed by atoms with van der Waals surface area (Å²) in [5.41, 5.74) is 1.93. The SMILES string of the molecule is CCC1(CC)CN(CC2CSc3ccccc32)CCN1. The fraction of sp³-hybridized carbons (Fsp3) is 0.647. The number of thioether (sulfide) groups is 1. The second-order valence-electron chi connectivity index (χ2n) is 6.20. The van der Waals surface area contributed by atoms with E-state index < -0.39 is 0 Å². The second-order valence-corrected chi connectivity index (χ2v) is 7.26. The third-order valence-electron chi connectivity index (χ3n) is 5.09. The zero-order chi connectivity index (χ0) is 14.0. The molecule has 1 unspecified atom stereocenters. The average Bonchev–Trinajstić information content (AvgIpc) is 2.91. The molecule has 110 valence electrons. The van der Waals surface area contributed by atoms with Gasteiger partial charge in [0.25, 0.3) is 0 Å². The summed E-state index contributed by atoms with van der Waals surface area (Å²) in [6, 6.07) is 8.96. The van der Waals surface area contributed by atoms with Crippen molar-refractivity contribution in [3.63, 3.8) is 0 Å². The highest BCUT2D eigenvalue weighted by atomic mass is 32.2. The Labute approximate surface area is 127 Å². The number of fused-ring (bicyclic) bond motifs is 1. The van der Waals surface area contributed by atoms with Crippen molar-refractivity contribution >= 4 is 11.8 Å². The Hall–Kier alpha value is -0.510. The molecular weight excluding hydrogens is 264 g/mol. The minimum Gasteiger partial charge on any atom is -0.309 e. The van der Waals surface area contributed by atoms with E-state index in [1.165, 1.54) is 43.1 Å². The molecule has 0 spiro atoms. The molecule has 0 amide bonds. The van der Waals surface area contributed by atoms with E-state index in [1.54, 1.807) is 5.56 Å². The van der Waals surface area contributed by atoms with Crippen molar-refractivity contribution in [3.8, 4) is 0 Å². The predicted octanol–water partition coefficient (Wildman–Crippen LogP) is 3.34. The predicted molar refractivity (Wildman–Crippen MR) is 87.7 cm³/mol. The summed E-state index contributed by atoms with van der Waals surface area (Å²) in [6.45, 7) is 9.42. The van der Waals surface area contributed by atoms with Gasteiger partial charge in [-0.1, -0.05) is 32.0 Å². The van der Waals surface area contributed by atoms with Crippen molar-refractivity contribution in [1.82, 2.24) is 10.2 Å². The first kappa shape index (κ1) is 14.4. The van der Waals surface area contributed by atoms with Crippen LogP contribution in [0.25, 0.3) is 0 Å². The third kappa shape index (κ3) is 2.76. The largest absolute Gasteiger partial charge is 0.309 e. The molecule has 3 heteroatoms. The van der Waals surface area contributed by atoms with Gasteiger partial charge >= 0.3 is 0 Å². The number of hydrogen-bond donors (Lipinski definition) is 1. The minimum atomic E-state index is 0.351. The Balaban J connectivity index is 1.67. The van der Waals surface area contributed by atoms with Gasteiger partial charge < -0.3 is 5.32 Å². The summed E-state index contributed by atoms with van der Waals surface area (Å²) >= 11 is 2.03. The second kappa shape index (κ2) is 6.08. The number of piperazine rings is 1. The lowest BCUT2D eigenvalue weighted by Gasteiger charge is -2.44. The van der Waals surface area contributed by atoms with Crippen LogP contribution in [0.5, 0.6) is 0 Å². The van der Waals surface area contributed by atoms with Crippen LogP contribution in [0.2, 0.25) is 0 Å². The van der Waals surface area contributed by atoms with E-state index >= 15 is 0 Å². The molecule has 0 saturated carbocycles. The number of nitrogens with one attached hydrogen (secondary N) is 1. The number of rotatable bonds is 4. The van der Waals surface area contributed by atoms with E-state index in [4.69, 9.17) is 0 Å². The highest BCUT2D eigenvalue weighted by Crippen LogP contribution is 2.39. The Morgan fingerprint density at radius 1 is 1.30 bits per heavy atom. The van der Waals surface area contributed by atoms with Crippen LogP contribution < -0.4 is 5.32 Å². The summed E-state index contributed by atoms with van der Waals surface area (Å²) in [5.74, 6) is 1.98. The fourth-order valence-corrected chi connectivity index (χ4v) is 4.86. The monoisotopic (exact) mass is 290 g/mol. The third-order valence-corrected chi connectivity index (χ3v) is 6.34. The summed E-state index contributed by atoms with van der Waals surface area (Å²) < 4.78 is 0. The molecule has 3 rings (SSSR count). The van der Waals surface area contributed by atoms with Crippen molar-refractivity contribution in [3.05, 3.63) is 29.8 Å². The highest BCUT2D eigenvalue weighted by Gasteiger charge is 2.33. The molecule has 1 N–H and O–H groups in total. The maximum absolute atomic E-state index is 3.76. The summed E-state index contributed by atoms with van der Waals surface area (Å²) in [6.07, 6.45) is 2.46. The first-order valence-corrected chi connectivity index (χ1v) is 8.94. The van der Waals surface area contributed by atoms with Gasteiger partial charge in [-0.15, -0.1) is 11.8 Å². The van der Waals surface area contributed by atoms with Gasteiger partial charge in [-0.05, 0) is 24.5 Å². The summed E-state index contributed by atoms with van der Waals surface area (Å²) in [5, 5.41) is 3.76. The normalized spacial score (nSPS) is 25.6. The molecule has 20 heavy (non-hydrogen) atoms. The molecule has 0 radical (unpaired) electrons. The molecule has 2 aliphatic rings. The van der Waals surface area contributed by atoms with E-state index in [0.29, 0.717) is 5.54 Å². The van der Waals surface area contributed by atoms with Gasteiger partial charge in [0.2, 0.25) is 0 Å². The van der Waals surface area contributed by atoms with Crippen molar-refractivity contribution in [1.29, 1.82) is 0 Å². The van der Waals surface area contributed by atoms with Crippen LogP contribution in [-0.4, -0.2) is 42.4 Å². The van der Waals surface area contributed by atoms with Crippen LogP contribution in [0.4, 0.5) is 0 Å². The Bertz CT molecular complexity index is 456. The van der Waals surface area contributed by atoms with Gasteiger partial charge in [0.15, 0.2) is 0 Å². The molecule has 0 aromatic heterocycles. The first-order chi connectivity index (χ1) is 9.76. The molecule has 1 fully saturated rings. The fourth-order valence-electron chi connectivity index (χ4n) is 3.61. The quantitative estimate of drug-likeness (QED) is 0.915. The zero-order valence-corrected chi connectivity index (χ0v) is 13.5. The summed E-state index contributed by atoms with van der Waals surface area (Å²) in [4.78, 5) is 4.20. The van der Waals surface area contributed by atoms with Gasteiger partial charge in [0.1, 0.15) is 0 Å². The lowest BCUT2D eigenvalue weighted by molar-refractivity contribution is 0.120. The van der Waals surface area contributed by atoms with Crippen molar-refractivity contribution in [2.24, 2.45) is 0 Å². The highest BCUT2D eigenvalue weighted by molar-refractivity contribution is 7.99. The van der Waals surface area contributed by atoms with Crippen molar-refractivity contribution < 1.29 is 0 Å². The van der Waals surface area contributed by atoms with Crippen LogP contribution in [0.15, 0.2) is 29.2 Å². The minimum absolute atomic E-state index is 0.351. The smallest absolute Gasteiger partial charge is 0.0304 e. The van der Waals surface area contributed by atoms with E-state index in [-0.39, 0.29) is 0 Å². The van der Waals surface area contributed by atoms with Gasteiger partial charge in [0.05, 0.1) is 0 Å². The molecule has 2 aliphatic heterocycles. The number of nitrogens with zero attached hydrogens (tertiary/aromatic N) is 1. The maximum Gasteiger partial charge on any atom is 0.0304 e. The molecule has 2 nitrogen and oxygen atoms in total. The Morgan fingerprint density at radius 3 is 2.90 bits per heavy atom. The number of benzene rings is 1. The first-order valence-electron chi connectivity index (χ1n) is 7.95. The van der Waals surface area contributed by atoms with Crippen LogP contribution in [-0.2, 0) is 0 Å². The Morgan fingerprint density at radius 2 is 2.10 bits per heavy atom. The maximum atomic E-state index is 3.76. The Kier molecular flexibility index (Phi) is 4.39. The topological polar surface area (TPSA) is 15.3 Å². The molecule has 0 bridgehead atoms. The van der Waals surface area contributed by atoms with Crippen molar-refractivity contribution in [2.75, 3.05) is 31.9 Å². The van der Waals surface area contributed by atoms with E-state index in [1.807, 2.05) is 11.8 Å². The van der Waals surface area contributed by atoms with E-state index in [0.717, 1.165) is 12.5 Å². The molecule has 1 aromatic carbocycles. The van der Waals surface area contributed by atoms with Gasteiger partial charge in [-0.25, -0.2) is 0 Å². The van der Waals surface area contributed by atoms with E-state index in [9.17, 15) is 0 Å². The van der Waals surface area contributed by atoms with E-state index in [2.05, 4.69) is 48.3 Å². The van der Waals surface area contributed by atoms with Crippen molar-refractivity contribution in [2.45, 2.75) is 43.0 Å². The lowest BCUT2D eigenvalue weighted by atomic mass is 9.89. The zero-order valence-electron chi connectivity index (χ0n) is 12.7. The standard InChI is InChI=1S/C17H26N2S/c1-3-17(4-2)13-19(10-9-18-17)11-14-12-20-16-8-6-5-7-15(14)16/h5-8,14,18H,3-4,9-13H2,1-2H3. The van der Waals surface area contributed by atoms with Gasteiger partial charge in [-0.2, -0.15) is 0 Å². The van der Waals surface area contributed by atoms with Crippen LogP contribution in [0.3, 0.4) is 0 Å². The molecule has 1 atom stereocenters. The van der Waals surface area contributed by atoms with Crippen LogP contribution in [0.1, 0.15) is 38.2 Å². The van der Waals surface area contributed by atoms with Crippen LogP contribution >= 0.6 is 11.8 Å². The van der Waals surface area contributed by atoms with Gasteiger partial charge in [0, 0.05) is 48.3 Å². The molecule has 0 aliphatic carbocycles. The molecule has 1 saturated heterocycles. The molecule has 1 aromatic rings. The molecule has 2 heterocycles. The lowest BCUT2D eigenvalue weighted by Crippen LogP contribution is -2.60. The molecular formula is C17H26N2S. The van der Waals surface area contributed by atoms with Crippen LogP contribution in [0, 0.1) is 0 Å². The summed E-state index contributed by atoms with van der Waals surface area (Å²) in [7, 11) is 0. The van der Waals surface area contributed by atoms with Gasteiger partial charge in [-0.3, -0.25) is 4.90 Å².